The van der Waals surface area contributed by atoms with Crippen LogP contribution in [-0.4, -0.2) is 4.98 Å². The summed E-state index contributed by atoms with van der Waals surface area (Å²) in [6.45, 7) is 1.55. The smallest absolute Gasteiger partial charge is 0.223 e. The van der Waals surface area contributed by atoms with Gasteiger partial charge in [0, 0.05) is 11.3 Å². The predicted molar refractivity (Wildman–Crippen MR) is 38.2 cm³/mol. The summed E-state index contributed by atoms with van der Waals surface area (Å²) in [6.07, 6.45) is -0.133. The molecule has 1 aromatic rings. The van der Waals surface area contributed by atoms with Crippen LogP contribution in [-0.2, 0) is 6.42 Å². The lowest BCUT2D eigenvalue weighted by Crippen LogP contribution is -1.98. The van der Waals surface area contributed by atoms with Gasteiger partial charge in [0.1, 0.15) is 0 Å². The molecule has 0 spiro atoms. The summed E-state index contributed by atoms with van der Waals surface area (Å²) >= 11 is 0. The maximum Gasteiger partial charge on any atom is 0.249 e. The Labute approximate surface area is 68.5 Å². The Morgan fingerprint density at radius 1 is 1.58 bits per heavy atom. The van der Waals surface area contributed by atoms with Crippen LogP contribution in [0.4, 0.5) is 8.78 Å². The Morgan fingerprint density at radius 2 is 2.25 bits per heavy atom. The average molecular weight is 168 g/mol. The maximum absolute atomic E-state index is 12.8. The number of rotatable bonds is 1. The van der Waals surface area contributed by atoms with Crippen molar-refractivity contribution < 1.29 is 8.78 Å². The van der Waals surface area contributed by atoms with Crippen molar-refractivity contribution in [2.75, 3.05) is 0 Å². The van der Waals surface area contributed by atoms with Crippen molar-refractivity contribution in [1.29, 1.82) is 5.26 Å². The molecule has 0 amide bonds. The highest BCUT2D eigenvalue weighted by Gasteiger charge is 2.09. The van der Waals surface area contributed by atoms with Gasteiger partial charge in [0.05, 0.1) is 12.5 Å². The summed E-state index contributed by atoms with van der Waals surface area (Å²) in [5.41, 5.74) is 0.432. The molecule has 1 aromatic heterocycles. The molecule has 0 radical (unpaired) electrons. The minimum atomic E-state index is -1.14. The van der Waals surface area contributed by atoms with Gasteiger partial charge in [-0.1, -0.05) is 0 Å². The first-order valence-electron chi connectivity index (χ1n) is 3.33. The third kappa shape index (κ3) is 1.56. The van der Waals surface area contributed by atoms with E-state index in [-0.39, 0.29) is 12.0 Å². The summed E-state index contributed by atoms with van der Waals surface area (Å²) < 4.78 is 25.3. The van der Waals surface area contributed by atoms with Crippen LogP contribution in [0.15, 0.2) is 6.07 Å². The third-order valence-corrected chi connectivity index (χ3v) is 1.39. The van der Waals surface area contributed by atoms with Gasteiger partial charge in [-0.25, -0.2) is 9.37 Å². The monoisotopic (exact) mass is 168 g/mol. The minimum absolute atomic E-state index is 0.0579. The van der Waals surface area contributed by atoms with Crippen molar-refractivity contribution in [3.05, 3.63) is 29.1 Å². The van der Waals surface area contributed by atoms with Crippen LogP contribution < -0.4 is 0 Å². The van der Waals surface area contributed by atoms with Gasteiger partial charge in [-0.3, -0.25) is 0 Å². The Kier molecular flexibility index (Phi) is 2.34. The first kappa shape index (κ1) is 8.60. The van der Waals surface area contributed by atoms with Crippen LogP contribution in [0.1, 0.15) is 11.3 Å². The van der Waals surface area contributed by atoms with E-state index in [1.165, 1.54) is 6.07 Å². The second-order valence-corrected chi connectivity index (χ2v) is 2.36. The quantitative estimate of drug-likeness (QED) is 0.599. The van der Waals surface area contributed by atoms with E-state index >= 15 is 0 Å². The molecule has 0 aliphatic carbocycles. The molecule has 1 rings (SSSR count). The first-order valence-corrected chi connectivity index (χ1v) is 3.33. The molecule has 12 heavy (non-hydrogen) atoms. The Bertz CT molecular complexity index is 342. The van der Waals surface area contributed by atoms with Crippen molar-refractivity contribution in [3.63, 3.8) is 0 Å². The standard InChI is InChI=1S/C8H6F2N2/c1-5-4-6(2-3-11)7(9)8(10)12-5/h4H,2H2,1H3. The minimum Gasteiger partial charge on any atom is -0.223 e. The van der Waals surface area contributed by atoms with Gasteiger partial charge in [-0.2, -0.15) is 9.65 Å². The lowest BCUT2D eigenvalue weighted by atomic mass is 10.2. The molecule has 0 bridgehead atoms. The molecule has 4 heteroatoms. The number of hydrogen-bond donors (Lipinski definition) is 0. The Hall–Kier alpha value is -1.50. The molecule has 0 fully saturated rings. The molecule has 0 saturated carbocycles. The van der Waals surface area contributed by atoms with Crippen molar-refractivity contribution in [2.45, 2.75) is 13.3 Å². The summed E-state index contributed by atoms with van der Waals surface area (Å²) in [5.74, 6) is -2.16. The highest BCUT2D eigenvalue weighted by molar-refractivity contribution is 5.21. The Morgan fingerprint density at radius 3 is 2.83 bits per heavy atom. The number of nitrogens with zero attached hydrogens (tertiary/aromatic N) is 2. The second-order valence-electron chi connectivity index (χ2n) is 2.36. The van der Waals surface area contributed by atoms with Crippen molar-refractivity contribution >= 4 is 0 Å². The van der Waals surface area contributed by atoms with Gasteiger partial charge < -0.3 is 0 Å². The molecule has 0 unspecified atom stereocenters. The van der Waals surface area contributed by atoms with Gasteiger partial charge in [-0.15, -0.1) is 0 Å². The van der Waals surface area contributed by atoms with Gasteiger partial charge >= 0.3 is 0 Å². The highest BCUT2D eigenvalue weighted by atomic mass is 19.2. The van der Waals surface area contributed by atoms with Crippen molar-refractivity contribution in [2.24, 2.45) is 0 Å². The van der Waals surface area contributed by atoms with E-state index in [1.54, 1.807) is 13.0 Å². The molecule has 0 saturated heterocycles. The number of hydrogen-bond acceptors (Lipinski definition) is 2. The number of nitriles is 1. The molecule has 0 atom stereocenters. The van der Waals surface area contributed by atoms with E-state index in [9.17, 15) is 8.78 Å². The van der Waals surface area contributed by atoms with E-state index in [2.05, 4.69) is 4.98 Å². The Balaban J connectivity index is 3.20. The molecule has 62 valence electrons. The number of pyridine rings is 1. The zero-order valence-corrected chi connectivity index (χ0v) is 6.43. The summed E-state index contributed by atoms with van der Waals surface area (Å²) in [7, 11) is 0. The highest BCUT2D eigenvalue weighted by Crippen LogP contribution is 2.11. The van der Waals surface area contributed by atoms with E-state index in [4.69, 9.17) is 5.26 Å². The topological polar surface area (TPSA) is 36.7 Å². The van der Waals surface area contributed by atoms with Crippen LogP contribution in [0.2, 0.25) is 0 Å². The maximum atomic E-state index is 12.8. The SMILES string of the molecule is Cc1cc(CC#N)c(F)c(F)n1. The fourth-order valence-corrected chi connectivity index (χ4v) is 0.898. The molecule has 1 heterocycles. The molecule has 2 nitrogen and oxygen atoms in total. The van der Waals surface area contributed by atoms with E-state index in [0.29, 0.717) is 5.69 Å². The molecular weight excluding hydrogens is 162 g/mol. The van der Waals surface area contributed by atoms with Gasteiger partial charge in [0.15, 0.2) is 5.82 Å². The van der Waals surface area contributed by atoms with Crippen molar-refractivity contribution in [3.8, 4) is 6.07 Å². The summed E-state index contributed by atoms with van der Waals surface area (Å²) in [6, 6.07) is 3.11. The molecular formula is C8H6F2N2. The van der Waals surface area contributed by atoms with Crippen LogP contribution in [0.25, 0.3) is 0 Å². The first-order chi connectivity index (χ1) is 5.65. The van der Waals surface area contributed by atoms with E-state index in [1.807, 2.05) is 0 Å². The van der Waals surface area contributed by atoms with Gasteiger partial charge in [0.2, 0.25) is 5.95 Å². The van der Waals surface area contributed by atoms with E-state index in [0.717, 1.165) is 0 Å². The largest absolute Gasteiger partial charge is 0.249 e. The van der Waals surface area contributed by atoms with Crippen LogP contribution >= 0.6 is 0 Å². The molecule has 0 aliphatic rings. The predicted octanol–water partition coefficient (Wildman–Crippen LogP) is 1.73. The number of aromatic nitrogens is 1. The van der Waals surface area contributed by atoms with Gasteiger partial charge in [0.25, 0.3) is 0 Å². The fraction of sp³-hybridized carbons (Fsp3) is 0.250. The van der Waals surface area contributed by atoms with E-state index < -0.39 is 11.8 Å². The van der Waals surface area contributed by atoms with Crippen LogP contribution in [0.5, 0.6) is 0 Å². The summed E-state index contributed by atoms with van der Waals surface area (Å²) in [4.78, 5) is 3.26. The normalized spacial score (nSPS) is 9.50. The number of aryl methyl sites for hydroxylation is 1. The van der Waals surface area contributed by atoms with Crippen LogP contribution in [0.3, 0.4) is 0 Å². The second kappa shape index (κ2) is 3.26. The lowest BCUT2D eigenvalue weighted by molar-refractivity contribution is 0.470. The van der Waals surface area contributed by atoms with Crippen LogP contribution in [0, 0.1) is 30.0 Å². The molecule has 0 aromatic carbocycles. The molecule has 0 N–H and O–H groups in total. The number of halogens is 2. The summed E-state index contributed by atoms with van der Waals surface area (Å²) in [5, 5.41) is 8.27. The lowest BCUT2D eigenvalue weighted by Gasteiger charge is -1.99. The average Bonchev–Trinajstić information content (AvgIpc) is 2.00. The van der Waals surface area contributed by atoms with Gasteiger partial charge in [-0.05, 0) is 13.0 Å². The third-order valence-electron chi connectivity index (χ3n) is 1.39. The zero-order chi connectivity index (χ0) is 9.14. The zero-order valence-electron chi connectivity index (χ0n) is 6.43. The van der Waals surface area contributed by atoms with Crippen molar-refractivity contribution in [1.82, 2.24) is 4.98 Å². The fourth-order valence-electron chi connectivity index (χ4n) is 0.898. The molecule has 0 aliphatic heterocycles.